The molecule has 3 N–H and O–H groups in total. The molecule has 0 fully saturated rings. The summed E-state index contributed by atoms with van der Waals surface area (Å²) >= 11 is 0. The van der Waals surface area contributed by atoms with Crippen LogP contribution in [0.5, 0.6) is 0 Å². The first kappa shape index (κ1) is 24.3. The predicted molar refractivity (Wildman–Crippen MR) is 129 cm³/mol. The molecule has 1 atom stereocenters. The van der Waals surface area contributed by atoms with E-state index in [0.717, 1.165) is 25.8 Å². The lowest BCUT2D eigenvalue weighted by molar-refractivity contribution is -0.127. The monoisotopic (exact) mass is 499 g/mol. The van der Waals surface area contributed by atoms with Gasteiger partial charge in [0.15, 0.2) is 5.96 Å². The molecule has 1 amide bonds. The molecule has 0 aliphatic rings. The summed E-state index contributed by atoms with van der Waals surface area (Å²) in [7, 11) is 3.49. The number of H-pyrrole nitrogens is 1. The normalized spacial score (nSPS) is 12.4. The van der Waals surface area contributed by atoms with Gasteiger partial charge in [0.25, 0.3) is 0 Å². The third-order valence-corrected chi connectivity index (χ3v) is 4.82. The van der Waals surface area contributed by atoms with E-state index in [0.29, 0.717) is 12.0 Å². The highest BCUT2D eigenvalue weighted by Gasteiger charge is 2.09. The van der Waals surface area contributed by atoms with Crippen LogP contribution in [0.2, 0.25) is 0 Å². The molecule has 156 valence electrons. The van der Waals surface area contributed by atoms with Crippen LogP contribution >= 0.6 is 24.0 Å². The molecule has 28 heavy (non-hydrogen) atoms. The smallest absolute Gasteiger partial charge is 0.243 e. The van der Waals surface area contributed by atoms with Gasteiger partial charge < -0.3 is 20.5 Å². The third kappa shape index (κ3) is 6.68. The SMILES string of the molecule is CCc1cccc2c(CCNC(=NCC(=O)N(C)C)NC(C)CC)c[nH]c12.I. The summed E-state index contributed by atoms with van der Waals surface area (Å²) in [5, 5.41) is 8.01. The van der Waals surface area contributed by atoms with Crippen LogP contribution in [0.15, 0.2) is 29.4 Å². The van der Waals surface area contributed by atoms with E-state index in [9.17, 15) is 4.79 Å². The maximum atomic E-state index is 11.8. The van der Waals surface area contributed by atoms with Crippen molar-refractivity contribution < 1.29 is 4.79 Å². The molecule has 0 aliphatic heterocycles. The number of aryl methyl sites for hydroxylation is 1. The zero-order valence-electron chi connectivity index (χ0n) is 17.6. The van der Waals surface area contributed by atoms with E-state index >= 15 is 0 Å². The van der Waals surface area contributed by atoms with Gasteiger partial charge in [0.1, 0.15) is 6.54 Å². The van der Waals surface area contributed by atoms with Gasteiger partial charge in [-0.3, -0.25) is 4.79 Å². The second kappa shape index (κ2) is 11.9. The van der Waals surface area contributed by atoms with Crippen LogP contribution in [0.1, 0.15) is 38.3 Å². The predicted octanol–water partition coefficient (Wildman–Crippen LogP) is 3.31. The maximum Gasteiger partial charge on any atom is 0.243 e. The van der Waals surface area contributed by atoms with E-state index in [1.54, 1.807) is 19.0 Å². The molecule has 0 saturated carbocycles. The number of hydrogen-bond donors (Lipinski definition) is 3. The number of nitrogens with one attached hydrogen (secondary N) is 3. The van der Waals surface area contributed by atoms with Crippen LogP contribution < -0.4 is 10.6 Å². The van der Waals surface area contributed by atoms with Crippen molar-refractivity contribution in [2.45, 2.75) is 46.1 Å². The number of halogens is 1. The van der Waals surface area contributed by atoms with Gasteiger partial charge in [0, 0.05) is 43.8 Å². The lowest BCUT2D eigenvalue weighted by atomic mass is 10.1. The summed E-state index contributed by atoms with van der Waals surface area (Å²) in [5.74, 6) is 0.678. The molecule has 0 radical (unpaired) electrons. The number of carbonyl (C=O) groups excluding carboxylic acids is 1. The zero-order valence-corrected chi connectivity index (χ0v) is 20.0. The lowest BCUT2D eigenvalue weighted by Crippen LogP contribution is -2.43. The first-order valence-electron chi connectivity index (χ1n) is 9.79. The van der Waals surface area contributed by atoms with Crippen molar-refractivity contribution in [1.82, 2.24) is 20.5 Å². The maximum absolute atomic E-state index is 11.8. The topological polar surface area (TPSA) is 72.5 Å². The van der Waals surface area contributed by atoms with Crippen molar-refractivity contribution in [3.63, 3.8) is 0 Å². The highest BCUT2D eigenvalue weighted by atomic mass is 127. The molecular formula is C21H34IN5O. The number of hydrogen-bond acceptors (Lipinski definition) is 2. The van der Waals surface area contributed by atoms with Crippen LogP contribution in [0, 0.1) is 0 Å². The van der Waals surface area contributed by atoms with Crippen LogP contribution in [-0.4, -0.2) is 55.0 Å². The van der Waals surface area contributed by atoms with Crippen molar-refractivity contribution >= 4 is 46.7 Å². The Kier molecular flexibility index (Phi) is 10.3. The molecule has 2 aromatic rings. The number of nitrogens with zero attached hydrogens (tertiary/aromatic N) is 2. The second-order valence-electron chi connectivity index (χ2n) is 7.09. The highest BCUT2D eigenvalue weighted by Crippen LogP contribution is 2.22. The first-order valence-corrected chi connectivity index (χ1v) is 9.79. The molecule has 1 unspecified atom stereocenters. The van der Waals surface area contributed by atoms with Crippen LogP contribution in [0.3, 0.4) is 0 Å². The Bertz CT molecular complexity index is 784. The first-order chi connectivity index (χ1) is 13.0. The molecule has 6 nitrogen and oxygen atoms in total. The fourth-order valence-electron chi connectivity index (χ4n) is 2.87. The number of para-hydroxylation sites is 1. The standard InChI is InChI=1S/C21H33N5O.HI/c1-6-15(3)25-21(24-14-19(27)26(4)5)22-12-11-17-13-23-20-16(7-2)9-8-10-18(17)20;/h8-10,13,15,23H,6-7,11-12,14H2,1-5H3,(H2,22,24,25);1H. The van der Waals surface area contributed by atoms with E-state index < -0.39 is 0 Å². The minimum atomic E-state index is -0.0102. The molecule has 0 bridgehead atoms. The molecule has 2 rings (SSSR count). The summed E-state index contributed by atoms with van der Waals surface area (Å²) in [6.07, 6.45) is 4.99. The van der Waals surface area contributed by atoms with Crippen LogP contribution in [0.25, 0.3) is 10.9 Å². The fourth-order valence-corrected chi connectivity index (χ4v) is 2.87. The minimum Gasteiger partial charge on any atom is -0.361 e. The number of aromatic amines is 1. The van der Waals surface area contributed by atoms with Crippen molar-refractivity contribution in [2.75, 3.05) is 27.2 Å². The number of guanidine groups is 1. The molecule has 0 spiro atoms. The number of aliphatic imine (C=N–C) groups is 1. The van der Waals surface area contributed by atoms with Gasteiger partial charge in [0.05, 0.1) is 0 Å². The molecule has 1 aromatic heterocycles. The summed E-state index contributed by atoms with van der Waals surface area (Å²) in [6, 6.07) is 6.76. The van der Waals surface area contributed by atoms with Crippen molar-refractivity contribution in [3.05, 3.63) is 35.5 Å². The number of aromatic nitrogens is 1. The van der Waals surface area contributed by atoms with Gasteiger partial charge in [-0.05, 0) is 37.3 Å². The minimum absolute atomic E-state index is 0. The Hall–Kier alpha value is -1.77. The fraction of sp³-hybridized carbons (Fsp3) is 0.524. The van der Waals surface area contributed by atoms with Gasteiger partial charge >= 0.3 is 0 Å². The highest BCUT2D eigenvalue weighted by molar-refractivity contribution is 14.0. The number of rotatable bonds is 8. The van der Waals surface area contributed by atoms with E-state index in [1.165, 1.54) is 22.0 Å². The van der Waals surface area contributed by atoms with Gasteiger partial charge in [-0.25, -0.2) is 4.99 Å². The Morgan fingerprint density at radius 1 is 1.25 bits per heavy atom. The molecule has 1 heterocycles. The van der Waals surface area contributed by atoms with E-state index in [-0.39, 0.29) is 36.4 Å². The van der Waals surface area contributed by atoms with E-state index in [2.05, 4.69) is 65.8 Å². The van der Waals surface area contributed by atoms with E-state index in [1.807, 2.05) is 0 Å². The van der Waals surface area contributed by atoms with Crippen molar-refractivity contribution in [2.24, 2.45) is 4.99 Å². The molecule has 0 aliphatic carbocycles. The third-order valence-electron chi connectivity index (χ3n) is 4.82. The largest absolute Gasteiger partial charge is 0.361 e. The van der Waals surface area contributed by atoms with Gasteiger partial charge in [-0.1, -0.05) is 32.0 Å². The van der Waals surface area contributed by atoms with Crippen molar-refractivity contribution in [1.29, 1.82) is 0 Å². The number of benzene rings is 1. The molecule has 0 saturated heterocycles. The quantitative estimate of drug-likeness (QED) is 0.297. The second-order valence-corrected chi connectivity index (χ2v) is 7.09. The van der Waals surface area contributed by atoms with Gasteiger partial charge in [-0.15, -0.1) is 24.0 Å². The zero-order chi connectivity index (χ0) is 19.8. The summed E-state index contributed by atoms with van der Waals surface area (Å²) < 4.78 is 0. The average molecular weight is 499 g/mol. The molecule has 7 heteroatoms. The Labute approximate surface area is 185 Å². The number of carbonyl (C=O) groups is 1. The Morgan fingerprint density at radius 3 is 2.64 bits per heavy atom. The number of likely N-dealkylation sites (N-methyl/N-ethyl adjacent to an activating group) is 1. The lowest BCUT2D eigenvalue weighted by Gasteiger charge is -2.17. The van der Waals surface area contributed by atoms with Gasteiger partial charge in [0.2, 0.25) is 5.91 Å². The Morgan fingerprint density at radius 2 is 2.00 bits per heavy atom. The average Bonchev–Trinajstić information content (AvgIpc) is 3.08. The molecular weight excluding hydrogens is 465 g/mol. The van der Waals surface area contributed by atoms with Gasteiger partial charge in [-0.2, -0.15) is 0 Å². The number of fused-ring (bicyclic) bond motifs is 1. The van der Waals surface area contributed by atoms with E-state index in [4.69, 9.17) is 0 Å². The summed E-state index contributed by atoms with van der Waals surface area (Å²) in [6.45, 7) is 7.30. The Balaban J connectivity index is 0.00000392. The van der Waals surface area contributed by atoms with Crippen LogP contribution in [0.4, 0.5) is 0 Å². The van der Waals surface area contributed by atoms with Crippen molar-refractivity contribution in [3.8, 4) is 0 Å². The summed E-state index contributed by atoms with van der Waals surface area (Å²) in [5.41, 5.74) is 3.87. The molecule has 1 aromatic carbocycles. The number of amides is 1. The summed E-state index contributed by atoms with van der Waals surface area (Å²) in [4.78, 5) is 21.2. The van der Waals surface area contributed by atoms with Crippen LogP contribution in [-0.2, 0) is 17.6 Å².